The molecule has 1 saturated heterocycles. The van der Waals surface area contributed by atoms with Crippen molar-refractivity contribution in [3.63, 3.8) is 0 Å². The fourth-order valence-corrected chi connectivity index (χ4v) is 3.13. The number of rotatable bonds is 6. The van der Waals surface area contributed by atoms with Crippen LogP contribution in [-0.2, 0) is 6.54 Å². The minimum Gasteiger partial charge on any atom is -0.478 e. The van der Waals surface area contributed by atoms with E-state index >= 15 is 0 Å². The molecule has 3 rings (SSSR count). The number of halogens is 2. The average molecular weight is 390 g/mol. The van der Waals surface area contributed by atoms with Gasteiger partial charge in [0.2, 0.25) is 0 Å². The van der Waals surface area contributed by atoms with Gasteiger partial charge in [-0.25, -0.2) is 4.79 Å². The minimum absolute atomic E-state index is 0.122. The van der Waals surface area contributed by atoms with Crippen LogP contribution in [0.3, 0.4) is 0 Å². The van der Waals surface area contributed by atoms with E-state index < -0.39 is 12.6 Å². The van der Waals surface area contributed by atoms with E-state index in [9.17, 15) is 18.4 Å². The Hall–Kier alpha value is -3.00. The van der Waals surface area contributed by atoms with Gasteiger partial charge in [-0.15, -0.1) is 0 Å². The number of ether oxygens (including phenoxy) is 1. The standard InChI is InChI=1S/C20H20F2N2O4/c21-20(22)28-17-4-2-1-3-16(17)18(25)24-11-9-23(10-12-24)13-14-5-7-15(8-6-14)19(26)27/h1-8,20H,9-13H2,(H,26,27). The molecule has 0 bridgehead atoms. The molecule has 0 atom stereocenters. The van der Waals surface area contributed by atoms with E-state index in [1.807, 2.05) is 0 Å². The number of piperazine rings is 1. The van der Waals surface area contributed by atoms with Crippen LogP contribution in [-0.4, -0.2) is 59.6 Å². The Morgan fingerprint density at radius 2 is 1.64 bits per heavy atom. The first-order valence-corrected chi connectivity index (χ1v) is 8.82. The first kappa shape index (κ1) is 19.8. The van der Waals surface area contributed by atoms with Gasteiger partial charge >= 0.3 is 12.6 Å². The number of carbonyl (C=O) groups excluding carboxylic acids is 1. The van der Waals surface area contributed by atoms with Gasteiger partial charge in [-0.2, -0.15) is 8.78 Å². The van der Waals surface area contributed by atoms with Crippen LogP contribution in [0.4, 0.5) is 8.78 Å². The number of nitrogens with zero attached hydrogens (tertiary/aromatic N) is 2. The summed E-state index contributed by atoms with van der Waals surface area (Å²) in [5.74, 6) is -1.42. The Morgan fingerprint density at radius 1 is 1.00 bits per heavy atom. The van der Waals surface area contributed by atoms with Gasteiger partial charge in [0.15, 0.2) is 0 Å². The largest absolute Gasteiger partial charge is 0.478 e. The number of aromatic carboxylic acids is 1. The molecule has 0 spiro atoms. The van der Waals surface area contributed by atoms with Crippen molar-refractivity contribution in [3.8, 4) is 5.75 Å². The maximum absolute atomic E-state index is 12.7. The van der Waals surface area contributed by atoms with Gasteiger partial charge in [0.25, 0.3) is 5.91 Å². The topological polar surface area (TPSA) is 70.1 Å². The Morgan fingerprint density at radius 3 is 2.25 bits per heavy atom. The fraction of sp³-hybridized carbons (Fsp3) is 0.300. The lowest BCUT2D eigenvalue weighted by Crippen LogP contribution is -2.48. The van der Waals surface area contributed by atoms with Gasteiger partial charge in [0, 0.05) is 32.7 Å². The Kier molecular flexibility index (Phi) is 6.20. The summed E-state index contributed by atoms with van der Waals surface area (Å²) in [5.41, 5.74) is 1.35. The highest BCUT2D eigenvalue weighted by Gasteiger charge is 2.25. The molecule has 1 N–H and O–H groups in total. The Balaban J connectivity index is 1.58. The van der Waals surface area contributed by atoms with Gasteiger partial charge in [-0.3, -0.25) is 9.69 Å². The van der Waals surface area contributed by atoms with Crippen molar-refractivity contribution in [2.75, 3.05) is 26.2 Å². The number of carboxylic acid groups (broad SMARTS) is 1. The predicted octanol–water partition coefficient (Wildman–Crippen LogP) is 2.94. The molecule has 148 valence electrons. The molecule has 1 aliphatic heterocycles. The summed E-state index contributed by atoms with van der Waals surface area (Å²) in [5, 5.41) is 8.94. The summed E-state index contributed by atoms with van der Waals surface area (Å²) in [4.78, 5) is 27.4. The SMILES string of the molecule is O=C(O)c1ccc(CN2CCN(C(=O)c3ccccc3OC(F)F)CC2)cc1. The summed E-state index contributed by atoms with van der Waals surface area (Å²) in [7, 11) is 0. The van der Waals surface area contributed by atoms with E-state index in [2.05, 4.69) is 9.64 Å². The first-order chi connectivity index (χ1) is 13.4. The van der Waals surface area contributed by atoms with Gasteiger partial charge in [-0.05, 0) is 29.8 Å². The number of para-hydroxylation sites is 1. The lowest BCUT2D eigenvalue weighted by Gasteiger charge is -2.35. The van der Waals surface area contributed by atoms with Crippen LogP contribution in [0.5, 0.6) is 5.75 Å². The van der Waals surface area contributed by atoms with Crippen LogP contribution < -0.4 is 4.74 Å². The Labute approximate surface area is 160 Å². The monoisotopic (exact) mass is 390 g/mol. The van der Waals surface area contributed by atoms with Crippen LogP contribution in [0.1, 0.15) is 26.3 Å². The van der Waals surface area contributed by atoms with Crippen molar-refractivity contribution in [2.24, 2.45) is 0 Å². The molecule has 2 aromatic carbocycles. The second kappa shape index (κ2) is 8.79. The molecule has 6 nitrogen and oxygen atoms in total. The number of carboxylic acids is 1. The number of benzene rings is 2. The molecule has 0 aliphatic carbocycles. The maximum atomic E-state index is 12.7. The molecule has 2 aromatic rings. The zero-order chi connectivity index (χ0) is 20.1. The number of hydrogen-bond acceptors (Lipinski definition) is 4. The quantitative estimate of drug-likeness (QED) is 0.821. The Bertz CT molecular complexity index is 834. The van der Waals surface area contributed by atoms with Gasteiger partial charge in [-0.1, -0.05) is 24.3 Å². The van der Waals surface area contributed by atoms with Crippen LogP contribution in [0, 0.1) is 0 Å². The van der Waals surface area contributed by atoms with Gasteiger partial charge < -0.3 is 14.7 Å². The van der Waals surface area contributed by atoms with E-state index in [0.29, 0.717) is 32.7 Å². The summed E-state index contributed by atoms with van der Waals surface area (Å²) < 4.78 is 29.5. The van der Waals surface area contributed by atoms with Crippen molar-refractivity contribution in [1.29, 1.82) is 0 Å². The third-order valence-electron chi connectivity index (χ3n) is 4.60. The zero-order valence-electron chi connectivity index (χ0n) is 15.1. The second-order valence-electron chi connectivity index (χ2n) is 6.45. The summed E-state index contributed by atoms with van der Waals surface area (Å²) >= 11 is 0. The van der Waals surface area contributed by atoms with Crippen molar-refractivity contribution in [3.05, 3.63) is 65.2 Å². The van der Waals surface area contributed by atoms with Crippen molar-refractivity contribution < 1.29 is 28.2 Å². The van der Waals surface area contributed by atoms with Crippen molar-refractivity contribution in [2.45, 2.75) is 13.2 Å². The van der Waals surface area contributed by atoms with E-state index in [-0.39, 0.29) is 22.8 Å². The molecule has 0 unspecified atom stereocenters. The third-order valence-corrected chi connectivity index (χ3v) is 4.60. The fourth-order valence-electron chi connectivity index (χ4n) is 3.13. The van der Waals surface area contributed by atoms with E-state index in [1.165, 1.54) is 12.1 Å². The van der Waals surface area contributed by atoms with Crippen molar-refractivity contribution >= 4 is 11.9 Å². The molecule has 28 heavy (non-hydrogen) atoms. The second-order valence-corrected chi connectivity index (χ2v) is 6.45. The molecule has 8 heteroatoms. The highest BCUT2D eigenvalue weighted by Crippen LogP contribution is 2.22. The predicted molar refractivity (Wildman–Crippen MR) is 97.7 cm³/mol. The summed E-state index contributed by atoms with van der Waals surface area (Å²) in [6, 6.07) is 12.7. The zero-order valence-corrected chi connectivity index (χ0v) is 15.1. The van der Waals surface area contributed by atoms with Crippen LogP contribution in [0.15, 0.2) is 48.5 Å². The molecule has 0 saturated carbocycles. The lowest BCUT2D eigenvalue weighted by atomic mass is 10.1. The highest BCUT2D eigenvalue weighted by molar-refractivity contribution is 5.97. The number of amides is 1. The third kappa shape index (κ3) is 4.83. The minimum atomic E-state index is -2.99. The van der Waals surface area contributed by atoms with Gasteiger partial charge in [0.1, 0.15) is 5.75 Å². The lowest BCUT2D eigenvalue weighted by molar-refractivity contribution is -0.0503. The number of alkyl halides is 2. The maximum Gasteiger partial charge on any atom is 0.387 e. The molecule has 0 aromatic heterocycles. The molecule has 1 aliphatic rings. The average Bonchev–Trinajstić information content (AvgIpc) is 2.68. The molecule has 1 fully saturated rings. The smallest absolute Gasteiger partial charge is 0.387 e. The van der Waals surface area contributed by atoms with E-state index in [4.69, 9.17) is 5.11 Å². The molecule has 1 amide bonds. The normalized spacial score (nSPS) is 14.9. The molecule has 0 radical (unpaired) electrons. The van der Waals surface area contributed by atoms with Crippen LogP contribution >= 0.6 is 0 Å². The van der Waals surface area contributed by atoms with E-state index in [0.717, 1.165) is 5.56 Å². The molecular weight excluding hydrogens is 370 g/mol. The van der Waals surface area contributed by atoms with Crippen LogP contribution in [0.25, 0.3) is 0 Å². The van der Waals surface area contributed by atoms with E-state index in [1.54, 1.807) is 41.3 Å². The number of hydrogen-bond donors (Lipinski definition) is 1. The van der Waals surface area contributed by atoms with Crippen LogP contribution in [0.2, 0.25) is 0 Å². The first-order valence-electron chi connectivity index (χ1n) is 8.82. The van der Waals surface area contributed by atoms with Gasteiger partial charge in [0.05, 0.1) is 11.1 Å². The summed E-state index contributed by atoms with van der Waals surface area (Å²) in [6.07, 6.45) is 0. The number of carbonyl (C=O) groups is 2. The molecule has 1 heterocycles. The molecular formula is C20H20F2N2O4. The van der Waals surface area contributed by atoms with Crippen molar-refractivity contribution in [1.82, 2.24) is 9.80 Å². The summed E-state index contributed by atoms with van der Waals surface area (Å²) in [6.45, 7) is -0.149. The highest BCUT2D eigenvalue weighted by atomic mass is 19.3.